The molecule has 0 fully saturated rings. The number of rotatable bonds is 4. The quantitative estimate of drug-likeness (QED) is 0.766. The van der Waals surface area contributed by atoms with Gasteiger partial charge in [0.05, 0.1) is 11.3 Å². The summed E-state index contributed by atoms with van der Waals surface area (Å²) in [5.74, 6) is 0. The van der Waals surface area contributed by atoms with Crippen molar-refractivity contribution in [1.29, 1.82) is 0 Å². The van der Waals surface area contributed by atoms with Gasteiger partial charge >= 0.3 is 12.2 Å². The lowest BCUT2D eigenvalue weighted by molar-refractivity contribution is -0.136. The maximum Gasteiger partial charge on any atom is 0.418 e. The minimum atomic E-state index is -4.53. The summed E-state index contributed by atoms with van der Waals surface area (Å²) in [6, 6.07) is 4.03. The lowest BCUT2D eigenvalue weighted by Crippen LogP contribution is -2.28. The lowest BCUT2D eigenvalue weighted by atomic mass is 10.1. The molecule has 2 N–H and O–H groups in total. The predicted octanol–water partition coefficient (Wildman–Crippen LogP) is 4.86. The van der Waals surface area contributed by atoms with Crippen LogP contribution in [0.25, 0.3) is 0 Å². The maximum atomic E-state index is 12.8. The number of hydrogen-bond donors (Lipinski definition) is 2. The first kappa shape index (κ1) is 17.6. The van der Waals surface area contributed by atoms with E-state index in [1.54, 1.807) is 32.1 Å². The van der Waals surface area contributed by atoms with E-state index in [0.717, 1.165) is 11.6 Å². The van der Waals surface area contributed by atoms with E-state index in [1.165, 1.54) is 18.2 Å². The zero-order valence-electron chi connectivity index (χ0n) is 12.3. The highest BCUT2D eigenvalue weighted by atomic mass is 19.4. The third-order valence-corrected chi connectivity index (χ3v) is 2.60. The Hall–Kier alpha value is -2.50. The minimum Gasteiger partial charge on any atom is -0.308 e. The molecule has 118 valence electrons. The van der Waals surface area contributed by atoms with Crippen molar-refractivity contribution >= 4 is 11.7 Å². The van der Waals surface area contributed by atoms with Crippen molar-refractivity contribution in [3.8, 4) is 0 Å². The number of nitrogens with one attached hydrogen (secondary N) is 2. The van der Waals surface area contributed by atoms with Gasteiger partial charge in [0.15, 0.2) is 0 Å². The standard InChI is InChI=1S/C16H17F3N2O/c1-4-12(10-9-11(2)3)20-15(22)21-14-8-6-5-7-13(14)16(17,18)19/h4-10H,2H2,1,3H3,(H2,20,21,22)/b10-9-,12-4+. The van der Waals surface area contributed by atoms with Crippen LogP contribution in [0.3, 0.4) is 0 Å². The Bertz CT molecular complexity index is 616. The predicted molar refractivity (Wildman–Crippen MR) is 81.3 cm³/mol. The number of halogens is 3. The Morgan fingerprint density at radius 1 is 1.23 bits per heavy atom. The van der Waals surface area contributed by atoms with Crippen LogP contribution in [0, 0.1) is 0 Å². The lowest BCUT2D eigenvalue weighted by Gasteiger charge is -2.14. The van der Waals surface area contributed by atoms with Gasteiger partial charge in [-0.2, -0.15) is 13.2 Å². The van der Waals surface area contributed by atoms with Crippen molar-refractivity contribution in [2.45, 2.75) is 20.0 Å². The summed E-state index contributed by atoms with van der Waals surface area (Å²) in [6.45, 7) is 7.16. The van der Waals surface area contributed by atoms with Gasteiger partial charge in [-0.3, -0.25) is 0 Å². The molecule has 1 rings (SSSR count). The molecule has 0 aromatic heterocycles. The zero-order valence-corrected chi connectivity index (χ0v) is 12.3. The Labute approximate surface area is 127 Å². The summed E-state index contributed by atoms with van der Waals surface area (Å²) in [7, 11) is 0. The van der Waals surface area contributed by atoms with E-state index in [9.17, 15) is 18.0 Å². The largest absolute Gasteiger partial charge is 0.418 e. The second-order valence-corrected chi connectivity index (χ2v) is 4.55. The van der Waals surface area contributed by atoms with E-state index in [2.05, 4.69) is 17.2 Å². The molecule has 0 unspecified atom stereocenters. The third-order valence-electron chi connectivity index (χ3n) is 2.60. The highest BCUT2D eigenvalue weighted by Gasteiger charge is 2.33. The number of hydrogen-bond acceptors (Lipinski definition) is 1. The maximum absolute atomic E-state index is 12.8. The average molecular weight is 310 g/mol. The zero-order chi connectivity index (χ0) is 16.8. The van der Waals surface area contributed by atoms with Crippen LogP contribution in [0.4, 0.5) is 23.7 Å². The van der Waals surface area contributed by atoms with Crippen LogP contribution in [-0.2, 0) is 6.18 Å². The van der Waals surface area contributed by atoms with Crippen molar-refractivity contribution < 1.29 is 18.0 Å². The van der Waals surface area contributed by atoms with Crippen molar-refractivity contribution in [1.82, 2.24) is 5.32 Å². The molecule has 0 aliphatic carbocycles. The van der Waals surface area contributed by atoms with Gasteiger partial charge in [-0.25, -0.2) is 4.79 Å². The first-order valence-electron chi connectivity index (χ1n) is 6.48. The van der Waals surface area contributed by atoms with Crippen LogP contribution in [-0.4, -0.2) is 6.03 Å². The van der Waals surface area contributed by atoms with Crippen molar-refractivity contribution in [3.05, 3.63) is 65.9 Å². The number of benzene rings is 1. The molecule has 6 heteroatoms. The Balaban J connectivity index is 2.84. The summed E-state index contributed by atoms with van der Waals surface area (Å²) in [4.78, 5) is 11.8. The topological polar surface area (TPSA) is 41.1 Å². The molecule has 2 amide bonds. The van der Waals surface area contributed by atoms with Gasteiger partial charge in [-0.1, -0.05) is 36.4 Å². The van der Waals surface area contributed by atoms with E-state index in [1.807, 2.05) is 0 Å². The van der Waals surface area contributed by atoms with Crippen LogP contribution < -0.4 is 10.6 Å². The summed E-state index contributed by atoms with van der Waals surface area (Å²) < 4.78 is 38.5. The van der Waals surface area contributed by atoms with E-state index in [0.29, 0.717) is 5.70 Å². The molecule has 0 bridgehead atoms. The van der Waals surface area contributed by atoms with Gasteiger partial charge in [0.1, 0.15) is 0 Å². The fourth-order valence-corrected chi connectivity index (χ4v) is 1.57. The summed E-state index contributed by atoms with van der Waals surface area (Å²) in [6.07, 6.45) is 0.374. The number of allylic oxidation sites excluding steroid dienone is 4. The number of urea groups is 1. The van der Waals surface area contributed by atoms with Gasteiger partial charge in [0.25, 0.3) is 0 Å². The molecule has 22 heavy (non-hydrogen) atoms. The van der Waals surface area contributed by atoms with E-state index < -0.39 is 17.8 Å². The molecule has 0 aliphatic rings. The second kappa shape index (κ2) is 7.49. The second-order valence-electron chi connectivity index (χ2n) is 4.55. The van der Waals surface area contributed by atoms with Crippen molar-refractivity contribution in [2.75, 3.05) is 5.32 Å². The smallest absolute Gasteiger partial charge is 0.308 e. The summed E-state index contributed by atoms with van der Waals surface area (Å²) >= 11 is 0. The fourth-order valence-electron chi connectivity index (χ4n) is 1.57. The van der Waals surface area contributed by atoms with Crippen molar-refractivity contribution in [3.63, 3.8) is 0 Å². The van der Waals surface area contributed by atoms with Gasteiger partial charge in [-0.15, -0.1) is 0 Å². The van der Waals surface area contributed by atoms with Crippen LogP contribution in [0.2, 0.25) is 0 Å². The van der Waals surface area contributed by atoms with E-state index in [4.69, 9.17) is 0 Å². The van der Waals surface area contributed by atoms with Gasteiger partial charge in [0.2, 0.25) is 0 Å². The van der Waals surface area contributed by atoms with Crippen LogP contribution >= 0.6 is 0 Å². The number of amides is 2. The number of carbonyl (C=O) groups excluding carboxylic acids is 1. The molecule has 1 aromatic carbocycles. The molecule has 0 aliphatic heterocycles. The van der Waals surface area contributed by atoms with E-state index >= 15 is 0 Å². The van der Waals surface area contributed by atoms with Crippen LogP contribution in [0.1, 0.15) is 19.4 Å². The molecule has 3 nitrogen and oxygen atoms in total. The van der Waals surface area contributed by atoms with Crippen LogP contribution in [0.15, 0.2) is 60.3 Å². The Morgan fingerprint density at radius 3 is 2.41 bits per heavy atom. The number of carbonyl (C=O) groups is 1. The fraction of sp³-hybridized carbons (Fsp3) is 0.188. The molecular weight excluding hydrogens is 293 g/mol. The highest BCUT2D eigenvalue weighted by Crippen LogP contribution is 2.34. The molecule has 1 aromatic rings. The Kier molecular flexibility index (Phi) is 5.98. The minimum absolute atomic E-state index is 0.299. The third kappa shape index (κ3) is 5.47. The summed E-state index contributed by atoms with van der Waals surface area (Å²) in [5, 5.41) is 4.67. The average Bonchev–Trinajstić information content (AvgIpc) is 2.42. The molecule has 0 spiro atoms. The van der Waals surface area contributed by atoms with Crippen molar-refractivity contribution in [2.24, 2.45) is 0 Å². The molecule has 0 radical (unpaired) electrons. The first-order chi connectivity index (χ1) is 10.2. The van der Waals surface area contributed by atoms with Crippen LogP contribution in [0.5, 0.6) is 0 Å². The molecular formula is C16H17F3N2O. The first-order valence-corrected chi connectivity index (χ1v) is 6.48. The molecule has 0 saturated heterocycles. The number of para-hydroxylation sites is 1. The molecule has 0 heterocycles. The van der Waals surface area contributed by atoms with E-state index in [-0.39, 0.29) is 5.69 Å². The van der Waals surface area contributed by atoms with Gasteiger partial charge < -0.3 is 10.6 Å². The summed E-state index contributed by atoms with van der Waals surface area (Å²) in [5.41, 5.74) is 0.0328. The molecule has 0 atom stereocenters. The number of anilines is 1. The van der Waals surface area contributed by atoms with Gasteiger partial charge in [-0.05, 0) is 32.1 Å². The normalized spacial score (nSPS) is 12.3. The molecule has 0 saturated carbocycles. The number of alkyl halides is 3. The van der Waals surface area contributed by atoms with Gasteiger partial charge in [0, 0.05) is 5.70 Å². The monoisotopic (exact) mass is 310 g/mol. The SMILES string of the molecule is C=C(C)/C=C\C(=C/C)NC(=O)Nc1ccccc1C(F)(F)F. The highest BCUT2D eigenvalue weighted by molar-refractivity contribution is 5.91. The Morgan fingerprint density at radius 2 is 1.86 bits per heavy atom.